The summed E-state index contributed by atoms with van der Waals surface area (Å²) in [6.07, 6.45) is -4.38. The van der Waals surface area contributed by atoms with Crippen molar-refractivity contribution in [3.05, 3.63) is 65.0 Å². The van der Waals surface area contributed by atoms with E-state index in [0.717, 1.165) is 17.7 Å². The molecule has 0 aliphatic carbocycles. The number of anilines is 1. The molecule has 1 atom stereocenters. The Hall–Kier alpha value is -2.04. The van der Waals surface area contributed by atoms with Gasteiger partial charge in [0.25, 0.3) is 0 Å². The van der Waals surface area contributed by atoms with Crippen molar-refractivity contribution in [1.82, 2.24) is 0 Å². The zero-order valence-corrected chi connectivity index (χ0v) is 11.6. The smallest absolute Gasteiger partial charge is 0.376 e. The van der Waals surface area contributed by atoms with Crippen molar-refractivity contribution in [3.8, 4) is 0 Å². The van der Waals surface area contributed by atoms with Crippen LogP contribution in [0.5, 0.6) is 0 Å². The Morgan fingerprint density at radius 2 is 1.76 bits per heavy atom. The van der Waals surface area contributed by atoms with E-state index in [1.54, 1.807) is 25.1 Å². The number of hydrogen-bond acceptors (Lipinski definition) is 1. The second-order valence-corrected chi connectivity index (χ2v) is 4.97. The largest absolute Gasteiger partial charge is 0.416 e. The molecule has 2 aromatic carbocycles. The summed E-state index contributed by atoms with van der Waals surface area (Å²) in [5.74, 6) is -0.431. The second-order valence-electron chi connectivity index (χ2n) is 4.97. The van der Waals surface area contributed by atoms with Gasteiger partial charge in [0, 0.05) is 6.04 Å². The van der Waals surface area contributed by atoms with Crippen molar-refractivity contribution >= 4 is 5.69 Å². The third kappa shape index (κ3) is 3.74. The van der Waals surface area contributed by atoms with Crippen LogP contribution in [0, 0.1) is 12.7 Å². The van der Waals surface area contributed by atoms with Gasteiger partial charge >= 0.3 is 6.18 Å². The fourth-order valence-electron chi connectivity index (χ4n) is 2.05. The minimum absolute atomic E-state index is 0.278. The average molecular weight is 297 g/mol. The van der Waals surface area contributed by atoms with Crippen LogP contribution in [0.25, 0.3) is 0 Å². The van der Waals surface area contributed by atoms with Crippen LogP contribution in [0.15, 0.2) is 42.5 Å². The van der Waals surface area contributed by atoms with Crippen molar-refractivity contribution in [2.75, 3.05) is 5.32 Å². The lowest BCUT2D eigenvalue weighted by Gasteiger charge is -2.18. The third-order valence-electron chi connectivity index (χ3n) is 3.21. The molecule has 0 heterocycles. The number of alkyl halides is 3. The maximum Gasteiger partial charge on any atom is 0.416 e. The molecule has 0 amide bonds. The van der Waals surface area contributed by atoms with Gasteiger partial charge in [-0.2, -0.15) is 13.2 Å². The van der Waals surface area contributed by atoms with Crippen LogP contribution in [0.4, 0.5) is 23.2 Å². The predicted molar refractivity (Wildman–Crippen MR) is 74.6 cm³/mol. The molecule has 112 valence electrons. The molecule has 0 aliphatic rings. The minimum atomic E-state index is -4.38. The summed E-state index contributed by atoms with van der Waals surface area (Å²) < 4.78 is 51.8. The van der Waals surface area contributed by atoms with Crippen molar-refractivity contribution in [3.63, 3.8) is 0 Å². The highest BCUT2D eigenvalue weighted by Crippen LogP contribution is 2.31. The van der Waals surface area contributed by atoms with Crippen molar-refractivity contribution < 1.29 is 17.6 Å². The summed E-state index contributed by atoms with van der Waals surface area (Å²) in [4.78, 5) is 0. The summed E-state index contributed by atoms with van der Waals surface area (Å²) in [6, 6.07) is 9.17. The molecule has 0 aromatic heterocycles. The van der Waals surface area contributed by atoms with E-state index in [0.29, 0.717) is 5.56 Å². The summed E-state index contributed by atoms with van der Waals surface area (Å²) >= 11 is 0. The van der Waals surface area contributed by atoms with Crippen LogP contribution in [-0.2, 0) is 6.18 Å². The predicted octanol–water partition coefficient (Wildman–Crippen LogP) is 5.33. The monoisotopic (exact) mass is 297 g/mol. The Kier molecular flexibility index (Phi) is 4.21. The topological polar surface area (TPSA) is 12.0 Å². The minimum Gasteiger partial charge on any atom is -0.376 e. The number of nitrogens with one attached hydrogen (secondary N) is 1. The zero-order valence-electron chi connectivity index (χ0n) is 11.6. The van der Waals surface area contributed by atoms with Crippen LogP contribution in [0.1, 0.15) is 29.7 Å². The number of aryl methyl sites for hydroxylation is 1. The van der Waals surface area contributed by atoms with Gasteiger partial charge < -0.3 is 5.32 Å². The van der Waals surface area contributed by atoms with Gasteiger partial charge in [-0.3, -0.25) is 0 Å². The lowest BCUT2D eigenvalue weighted by atomic mass is 10.0. The quantitative estimate of drug-likeness (QED) is 0.755. The molecule has 2 rings (SSSR count). The van der Waals surface area contributed by atoms with E-state index < -0.39 is 23.6 Å². The molecular weight excluding hydrogens is 282 g/mol. The Labute approximate surface area is 120 Å². The molecule has 0 bridgehead atoms. The van der Waals surface area contributed by atoms with E-state index in [1.807, 2.05) is 6.92 Å². The van der Waals surface area contributed by atoms with Crippen LogP contribution in [-0.4, -0.2) is 0 Å². The number of halogens is 4. The van der Waals surface area contributed by atoms with Crippen LogP contribution in [0.2, 0.25) is 0 Å². The van der Waals surface area contributed by atoms with Crippen LogP contribution >= 0.6 is 0 Å². The Balaban J connectivity index is 2.24. The Morgan fingerprint density at radius 3 is 2.43 bits per heavy atom. The summed E-state index contributed by atoms with van der Waals surface area (Å²) in [5.41, 5.74) is 0.888. The van der Waals surface area contributed by atoms with E-state index in [1.165, 1.54) is 12.1 Å². The molecule has 0 saturated heterocycles. The summed E-state index contributed by atoms with van der Waals surface area (Å²) in [5, 5.41) is 2.90. The molecule has 1 N–H and O–H groups in total. The maximum atomic E-state index is 13.7. The first kappa shape index (κ1) is 15.4. The Bertz CT molecular complexity index is 634. The van der Waals surface area contributed by atoms with Gasteiger partial charge in [0.2, 0.25) is 0 Å². The molecular formula is C16H15F4N. The van der Waals surface area contributed by atoms with Gasteiger partial charge in [0.05, 0.1) is 11.3 Å². The number of benzene rings is 2. The maximum absolute atomic E-state index is 13.7. The Morgan fingerprint density at radius 1 is 1.05 bits per heavy atom. The highest BCUT2D eigenvalue weighted by Gasteiger charge is 2.30. The van der Waals surface area contributed by atoms with E-state index in [4.69, 9.17) is 0 Å². The summed E-state index contributed by atoms with van der Waals surface area (Å²) in [6.45, 7) is 3.51. The molecule has 21 heavy (non-hydrogen) atoms. The first-order chi connectivity index (χ1) is 9.77. The van der Waals surface area contributed by atoms with Crippen LogP contribution < -0.4 is 5.32 Å². The first-order valence-corrected chi connectivity index (χ1v) is 6.47. The average Bonchev–Trinajstić information content (AvgIpc) is 2.42. The van der Waals surface area contributed by atoms with E-state index in [9.17, 15) is 17.6 Å². The molecule has 0 saturated carbocycles. The van der Waals surface area contributed by atoms with Gasteiger partial charge in [0.1, 0.15) is 5.82 Å². The highest BCUT2D eigenvalue weighted by molar-refractivity contribution is 5.49. The fraction of sp³-hybridized carbons (Fsp3) is 0.250. The molecule has 0 aliphatic heterocycles. The van der Waals surface area contributed by atoms with Gasteiger partial charge in [-0.15, -0.1) is 0 Å². The third-order valence-corrected chi connectivity index (χ3v) is 3.21. The van der Waals surface area contributed by atoms with Crippen LogP contribution in [0.3, 0.4) is 0 Å². The zero-order chi connectivity index (χ0) is 15.6. The molecule has 0 fully saturated rings. The number of rotatable bonds is 3. The molecule has 1 unspecified atom stereocenters. The summed E-state index contributed by atoms with van der Waals surface area (Å²) in [7, 11) is 0. The van der Waals surface area contributed by atoms with Gasteiger partial charge in [-0.25, -0.2) is 4.39 Å². The normalized spacial score (nSPS) is 13.0. The lowest BCUT2D eigenvalue weighted by molar-refractivity contribution is -0.137. The van der Waals surface area contributed by atoms with Crippen molar-refractivity contribution in [1.29, 1.82) is 0 Å². The van der Waals surface area contributed by atoms with E-state index >= 15 is 0 Å². The highest BCUT2D eigenvalue weighted by atomic mass is 19.4. The van der Waals surface area contributed by atoms with Crippen molar-refractivity contribution in [2.24, 2.45) is 0 Å². The molecule has 0 spiro atoms. The SMILES string of the molecule is Cc1ccc(F)c(NC(C)c2cccc(C(F)(F)F)c2)c1. The van der Waals surface area contributed by atoms with Gasteiger partial charge in [0.15, 0.2) is 0 Å². The van der Waals surface area contributed by atoms with Gasteiger partial charge in [-0.05, 0) is 49.2 Å². The fourth-order valence-corrected chi connectivity index (χ4v) is 2.05. The molecule has 5 heteroatoms. The standard InChI is InChI=1S/C16H15F4N/c1-10-6-7-14(17)15(8-10)21-11(2)12-4-3-5-13(9-12)16(18,19)20/h3-9,11,21H,1-2H3. The second kappa shape index (κ2) is 5.76. The van der Waals surface area contributed by atoms with Gasteiger partial charge in [-0.1, -0.05) is 18.2 Å². The van der Waals surface area contributed by atoms with Crippen molar-refractivity contribution in [2.45, 2.75) is 26.1 Å². The molecule has 2 aromatic rings. The van der Waals surface area contributed by atoms with E-state index in [-0.39, 0.29) is 5.69 Å². The number of hydrogen-bond donors (Lipinski definition) is 1. The lowest BCUT2D eigenvalue weighted by Crippen LogP contribution is -2.11. The first-order valence-electron chi connectivity index (χ1n) is 6.47. The molecule has 0 radical (unpaired) electrons. The van der Waals surface area contributed by atoms with E-state index in [2.05, 4.69) is 5.32 Å². The molecule has 1 nitrogen and oxygen atoms in total.